The molecule has 0 aliphatic carbocycles. The lowest BCUT2D eigenvalue weighted by Gasteiger charge is -2.10. The SMILES string of the molecule is C=CC(=O)OCC(O)CCCCCCOc1ccc(-c2ccc(-c3ccc(CCCCCC)cc3)nc2)cc1. The van der Waals surface area contributed by atoms with E-state index in [2.05, 4.69) is 62.0 Å². The molecule has 0 saturated carbocycles. The van der Waals surface area contributed by atoms with Gasteiger partial charge in [-0.3, -0.25) is 4.98 Å². The molecule has 0 spiro atoms. The van der Waals surface area contributed by atoms with Gasteiger partial charge in [-0.25, -0.2) is 4.79 Å². The number of aliphatic hydroxyl groups excluding tert-OH is 1. The molecule has 0 fully saturated rings. The van der Waals surface area contributed by atoms with Gasteiger partial charge in [0.15, 0.2) is 0 Å². The third-order valence-electron chi connectivity index (χ3n) is 6.80. The first kappa shape index (κ1) is 30.1. The summed E-state index contributed by atoms with van der Waals surface area (Å²) in [5.74, 6) is 0.357. The van der Waals surface area contributed by atoms with Crippen LogP contribution in [-0.2, 0) is 16.0 Å². The number of ether oxygens (including phenoxy) is 2. The molecule has 1 atom stereocenters. The maximum atomic E-state index is 11.0. The molecule has 0 aliphatic heterocycles. The predicted octanol–water partition coefficient (Wildman–Crippen LogP) is 7.96. The summed E-state index contributed by atoms with van der Waals surface area (Å²) < 4.78 is 10.7. The third kappa shape index (κ3) is 11.1. The molecular formula is C34H43NO4. The zero-order valence-corrected chi connectivity index (χ0v) is 23.3. The molecule has 208 valence electrons. The molecule has 0 saturated heterocycles. The summed E-state index contributed by atoms with van der Waals surface area (Å²) in [4.78, 5) is 15.7. The van der Waals surface area contributed by atoms with Crippen LogP contribution in [0.5, 0.6) is 5.75 Å². The van der Waals surface area contributed by atoms with Gasteiger partial charge in [0.05, 0.1) is 18.4 Å². The number of pyridine rings is 1. The molecule has 1 N–H and O–H groups in total. The summed E-state index contributed by atoms with van der Waals surface area (Å²) in [7, 11) is 0. The van der Waals surface area contributed by atoms with E-state index in [1.165, 1.54) is 31.2 Å². The van der Waals surface area contributed by atoms with E-state index >= 15 is 0 Å². The van der Waals surface area contributed by atoms with Gasteiger partial charge in [0, 0.05) is 23.4 Å². The van der Waals surface area contributed by atoms with Crippen molar-refractivity contribution < 1.29 is 19.4 Å². The molecule has 1 unspecified atom stereocenters. The first-order chi connectivity index (χ1) is 19.1. The fourth-order valence-electron chi connectivity index (χ4n) is 4.42. The number of hydrogen-bond donors (Lipinski definition) is 1. The fraction of sp³-hybridized carbons (Fsp3) is 0.412. The zero-order valence-electron chi connectivity index (χ0n) is 23.3. The minimum atomic E-state index is -0.619. The molecule has 0 bridgehead atoms. The lowest BCUT2D eigenvalue weighted by atomic mass is 10.0. The molecule has 5 nitrogen and oxygen atoms in total. The summed E-state index contributed by atoms with van der Waals surface area (Å²) >= 11 is 0. The number of esters is 1. The van der Waals surface area contributed by atoms with Crippen LogP contribution in [0.1, 0.15) is 70.3 Å². The van der Waals surface area contributed by atoms with Crippen LogP contribution in [0.4, 0.5) is 0 Å². The summed E-state index contributed by atoms with van der Waals surface area (Å²) in [5, 5.41) is 9.82. The maximum absolute atomic E-state index is 11.0. The molecule has 3 rings (SSSR count). The number of unbranched alkanes of at least 4 members (excludes halogenated alkanes) is 6. The van der Waals surface area contributed by atoms with Crippen LogP contribution in [-0.4, -0.2) is 35.4 Å². The average Bonchev–Trinajstić information content (AvgIpc) is 2.98. The van der Waals surface area contributed by atoms with Crippen LogP contribution in [0.25, 0.3) is 22.4 Å². The van der Waals surface area contributed by atoms with Crippen molar-refractivity contribution in [1.29, 1.82) is 0 Å². The topological polar surface area (TPSA) is 68.7 Å². The largest absolute Gasteiger partial charge is 0.494 e. The van der Waals surface area contributed by atoms with Crippen molar-refractivity contribution in [3.05, 3.63) is 85.1 Å². The minimum absolute atomic E-state index is 0.0251. The average molecular weight is 530 g/mol. The molecule has 1 aromatic heterocycles. The van der Waals surface area contributed by atoms with Crippen LogP contribution in [0.2, 0.25) is 0 Å². The van der Waals surface area contributed by atoms with Crippen molar-refractivity contribution in [3.63, 3.8) is 0 Å². The molecule has 39 heavy (non-hydrogen) atoms. The highest BCUT2D eigenvalue weighted by Crippen LogP contribution is 2.25. The molecule has 0 radical (unpaired) electrons. The van der Waals surface area contributed by atoms with Crippen molar-refractivity contribution in [3.8, 4) is 28.1 Å². The Hall–Kier alpha value is -3.44. The van der Waals surface area contributed by atoms with Gasteiger partial charge in [-0.2, -0.15) is 0 Å². The van der Waals surface area contributed by atoms with Gasteiger partial charge in [0.1, 0.15) is 12.4 Å². The standard InChI is InChI=1S/C34H43NO4/c1-3-5-6-9-12-27-14-16-29(17-15-27)33-23-20-30(25-35-33)28-18-21-32(22-19-28)38-24-11-8-7-10-13-31(36)26-39-34(37)4-2/h4,14-23,25,31,36H,2-3,5-13,24,26H2,1H3. The highest BCUT2D eigenvalue weighted by molar-refractivity contribution is 5.81. The third-order valence-corrected chi connectivity index (χ3v) is 6.80. The highest BCUT2D eigenvalue weighted by Gasteiger charge is 2.07. The normalized spacial score (nSPS) is 11.6. The lowest BCUT2D eigenvalue weighted by Crippen LogP contribution is -2.17. The summed E-state index contributed by atoms with van der Waals surface area (Å²) in [6.07, 6.45) is 13.2. The fourth-order valence-corrected chi connectivity index (χ4v) is 4.42. The summed E-state index contributed by atoms with van der Waals surface area (Å²) in [6.45, 7) is 6.27. The second kappa shape index (κ2) is 17.2. The molecule has 2 aromatic carbocycles. The van der Waals surface area contributed by atoms with Crippen molar-refractivity contribution in [1.82, 2.24) is 4.98 Å². The maximum Gasteiger partial charge on any atom is 0.330 e. The van der Waals surface area contributed by atoms with E-state index in [0.29, 0.717) is 13.0 Å². The number of aryl methyl sites for hydroxylation is 1. The molecular weight excluding hydrogens is 486 g/mol. The van der Waals surface area contributed by atoms with E-state index in [0.717, 1.165) is 66.3 Å². The number of hydrogen-bond acceptors (Lipinski definition) is 5. The van der Waals surface area contributed by atoms with E-state index in [1.807, 2.05) is 18.3 Å². The number of rotatable bonds is 18. The zero-order chi connectivity index (χ0) is 27.7. The Bertz CT molecular complexity index is 1110. The molecule has 5 heteroatoms. The van der Waals surface area contributed by atoms with Crippen LogP contribution in [0, 0.1) is 0 Å². The first-order valence-electron chi connectivity index (χ1n) is 14.3. The van der Waals surface area contributed by atoms with Crippen LogP contribution in [0.3, 0.4) is 0 Å². The Kier molecular flexibility index (Phi) is 13.3. The van der Waals surface area contributed by atoms with Crippen LogP contribution >= 0.6 is 0 Å². The van der Waals surface area contributed by atoms with E-state index < -0.39 is 12.1 Å². The summed E-state index contributed by atoms with van der Waals surface area (Å²) in [5.41, 5.74) is 5.73. The van der Waals surface area contributed by atoms with Crippen molar-refractivity contribution in [2.24, 2.45) is 0 Å². The second-order valence-corrected chi connectivity index (χ2v) is 10.0. The van der Waals surface area contributed by atoms with Gasteiger partial charge in [0.25, 0.3) is 0 Å². The Morgan fingerprint density at radius 1 is 0.872 bits per heavy atom. The number of aliphatic hydroxyl groups is 1. The number of aromatic nitrogens is 1. The van der Waals surface area contributed by atoms with Crippen molar-refractivity contribution in [2.45, 2.75) is 77.2 Å². The smallest absolute Gasteiger partial charge is 0.330 e. The number of carbonyl (C=O) groups is 1. The Labute approximate surface area is 233 Å². The van der Waals surface area contributed by atoms with Crippen molar-refractivity contribution >= 4 is 5.97 Å². The van der Waals surface area contributed by atoms with Gasteiger partial charge in [-0.15, -0.1) is 0 Å². The second-order valence-electron chi connectivity index (χ2n) is 10.0. The van der Waals surface area contributed by atoms with E-state index in [1.54, 1.807) is 0 Å². The number of nitrogens with zero attached hydrogens (tertiary/aromatic N) is 1. The van der Waals surface area contributed by atoms with E-state index in [-0.39, 0.29) is 6.61 Å². The first-order valence-corrected chi connectivity index (χ1v) is 14.3. The molecule has 0 amide bonds. The van der Waals surface area contributed by atoms with E-state index in [4.69, 9.17) is 14.5 Å². The van der Waals surface area contributed by atoms with E-state index in [9.17, 15) is 9.90 Å². The highest BCUT2D eigenvalue weighted by atomic mass is 16.5. The number of carbonyl (C=O) groups excluding carboxylic acids is 1. The summed E-state index contributed by atoms with van der Waals surface area (Å²) in [6, 6.07) is 21.2. The quantitative estimate of drug-likeness (QED) is 0.103. The Morgan fingerprint density at radius 2 is 1.56 bits per heavy atom. The lowest BCUT2D eigenvalue weighted by molar-refractivity contribution is -0.140. The Balaban J connectivity index is 1.35. The predicted molar refractivity (Wildman–Crippen MR) is 159 cm³/mol. The van der Waals surface area contributed by atoms with Crippen LogP contribution in [0.15, 0.2) is 79.5 Å². The van der Waals surface area contributed by atoms with Crippen molar-refractivity contribution in [2.75, 3.05) is 13.2 Å². The van der Waals surface area contributed by atoms with Crippen LogP contribution < -0.4 is 4.74 Å². The Morgan fingerprint density at radius 3 is 2.26 bits per heavy atom. The van der Waals surface area contributed by atoms with Gasteiger partial charge >= 0.3 is 5.97 Å². The minimum Gasteiger partial charge on any atom is -0.494 e. The molecule has 3 aromatic rings. The molecule has 0 aliphatic rings. The van der Waals surface area contributed by atoms with Gasteiger partial charge in [-0.05, 0) is 55.0 Å². The number of benzene rings is 2. The monoisotopic (exact) mass is 529 g/mol. The van der Waals surface area contributed by atoms with Gasteiger partial charge in [-0.1, -0.05) is 94.5 Å². The molecule has 1 heterocycles. The van der Waals surface area contributed by atoms with Gasteiger partial charge < -0.3 is 14.6 Å². The van der Waals surface area contributed by atoms with Gasteiger partial charge in [0.2, 0.25) is 0 Å².